The molecule has 0 radical (unpaired) electrons. The van der Waals surface area contributed by atoms with Crippen LogP contribution in [0, 0.1) is 23.2 Å². The summed E-state index contributed by atoms with van der Waals surface area (Å²) in [6.07, 6.45) is 9.03. The predicted molar refractivity (Wildman–Crippen MR) is 96.9 cm³/mol. The van der Waals surface area contributed by atoms with Crippen molar-refractivity contribution in [1.29, 1.82) is 0 Å². The van der Waals surface area contributed by atoms with Gasteiger partial charge in [0.2, 0.25) is 5.91 Å². The Morgan fingerprint density at radius 3 is 2.37 bits per heavy atom. The molecule has 4 aliphatic carbocycles. The van der Waals surface area contributed by atoms with Gasteiger partial charge in [0, 0.05) is 12.6 Å². The molecule has 1 heterocycles. The summed E-state index contributed by atoms with van der Waals surface area (Å²) >= 11 is 0.214. The normalized spacial score (nSPS) is 31.1. The Kier molecular flexibility index (Phi) is 5.09. The fourth-order valence-electron chi connectivity index (χ4n) is 5.83. The average molecular weight is 395 g/mol. The topological polar surface area (TPSA) is 71.1 Å². The lowest BCUT2D eigenvalue weighted by Gasteiger charge is -2.56. The molecule has 0 saturated heterocycles. The molecule has 2 amide bonds. The van der Waals surface area contributed by atoms with Crippen LogP contribution >= 0.6 is 11.8 Å². The van der Waals surface area contributed by atoms with Gasteiger partial charge in [-0.05, 0) is 85.6 Å². The summed E-state index contributed by atoms with van der Waals surface area (Å²) < 4.78 is 25.2. The Hall–Kier alpha value is -1.70. The number of carbonyl (C=O) groups excluding carboxylic acids is 2. The maximum atomic E-state index is 12.6. The third-order valence-electron chi connectivity index (χ3n) is 6.23. The van der Waals surface area contributed by atoms with Gasteiger partial charge in [-0.15, -0.1) is 0 Å². The fourth-order valence-corrected chi connectivity index (χ4v) is 6.41. The van der Waals surface area contributed by atoms with Gasteiger partial charge in [-0.25, -0.2) is 4.98 Å². The van der Waals surface area contributed by atoms with Crippen LogP contribution in [-0.2, 0) is 4.79 Å². The van der Waals surface area contributed by atoms with Crippen LogP contribution in [-0.4, -0.2) is 22.6 Å². The molecular formula is C19H23F2N3O2S. The van der Waals surface area contributed by atoms with Gasteiger partial charge in [0.25, 0.3) is 11.7 Å². The second-order valence-electron chi connectivity index (χ2n) is 8.33. The van der Waals surface area contributed by atoms with Crippen molar-refractivity contribution in [2.45, 2.75) is 55.7 Å². The van der Waals surface area contributed by atoms with Crippen molar-refractivity contribution in [2.75, 3.05) is 0 Å². The molecule has 4 bridgehead atoms. The van der Waals surface area contributed by atoms with E-state index in [9.17, 15) is 18.4 Å². The molecule has 5 rings (SSSR count). The van der Waals surface area contributed by atoms with Gasteiger partial charge in [-0.3, -0.25) is 20.4 Å². The van der Waals surface area contributed by atoms with Crippen LogP contribution in [0.15, 0.2) is 23.4 Å². The Morgan fingerprint density at radius 2 is 1.78 bits per heavy atom. The lowest BCUT2D eigenvalue weighted by molar-refractivity contribution is -0.130. The minimum Gasteiger partial charge on any atom is -0.273 e. The average Bonchev–Trinajstić information content (AvgIpc) is 2.58. The Balaban J connectivity index is 1.34. The van der Waals surface area contributed by atoms with E-state index in [0.717, 1.165) is 37.0 Å². The van der Waals surface area contributed by atoms with E-state index in [1.165, 1.54) is 37.6 Å². The second-order valence-corrected chi connectivity index (χ2v) is 9.31. The first-order chi connectivity index (χ1) is 12.9. The molecule has 1 aromatic rings. The van der Waals surface area contributed by atoms with Gasteiger partial charge in [0.15, 0.2) is 0 Å². The molecule has 0 aliphatic heterocycles. The first-order valence-corrected chi connectivity index (χ1v) is 10.3. The van der Waals surface area contributed by atoms with E-state index in [-0.39, 0.29) is 33.7 Å². The number of nitrogens with zero attached hydrogens (tertiary/aromatic N) is 1. The molecular weight excluding hydrogens is 372 g/mol. The number of hydrogen-bond acceptors (Lipinski definition) is 4. The molecule has 27 heavy (non-hydrogen) atoms. The highest BCUT2D eigenvalue weighted by molar-refractivity contribution is 7.99. The number of alkyl halides is 2. The fraction of sp³-hybridized carbons (Fsp3) is 0.632. The highest BCUT2D eigenvalue weighted by Crippen LogP contribution is 2.61. The number of rotatable bonds is 5. The quantitative estimate of drug-likeness (QED) is 0.588. The van der Waals surface area contributed by atoms with Crippen LogP contribution < -0.4 is 10.9 Å². The lowest BCUT2D eigenvalue weighted by Crippen LogP contribution is -2.50. The number of hydrogen-bond donors (Lipinski definition) is 2. The first kappa shape index (κ1) is 18.7. The summed E-state index contributed by atoms with van der Waals surface area (Å²) in [7, 11) is 0. The van der Waals surface area contributed by atoms with Gasteiger partial charge in [0.1, 0.15) is 5.03 Å². The van der Waals surface area contributed by atoms with Crippen LogP contribution in [0.1, 0.15) is 55.3 Å². The van der Waals surface area contributed by atoms with E-state index < -0.39 is 11.7 Å². The van der Waals surface area contributed by atoms with Crippen molar-refractivity contribution >= 4 is 23.6 Å². The Morgan fingerprint density at radius 1 is 1.15 bits per heavy atom. The van der Waals surface area contributed by atoms with Crippen molar-refractivity contribution in [1.82, 2.24) is 15.8 Å². The highest BCUT2D eigenvalue weighted by Gasteiger charge is 2.51. The number of hydrazine groups is 1. The Bertz CT molecular complexity index is 708. The van der Waals surface area contributed by atoms with E-state index in [0.29, 0.717) is 6.42 Å². The zero-order valence-electron chi connectivity index (χ0n) is 14.9. The number of amides is 2. The summed E-state index contributed by atoms with van der Waals surface area (Å²) in [6, 6.07) is 2.92. The summed E-state index contributed by atoms with van der Waals surface area (Å²) in [5, 5.41) is -0.0552. The highest BCUT2D eigenvalue weighted by atomic mass is 32.2. The van der Waals surface area contributed by atoms with E-state index in [1.54, 1.807) is 0 Å². The van der Waals surface area contributed by atoms with Gasteiger partial charge in [-0.1, -0.05) is 0 Å². The largest absolute Gasteiger partial charge is 0.290 e. The third-order valence-corrected chi connectivity index (χ3v) is 6.96. The molecule has 1 aromatic heterocycles. The first-order valence-electron chi connectivity index (χ1n) is 9.41. The monoisotopic (exact) mass is 395 g/mol. The standard InChI is InChI=1S/C19H23F2N3O2S/c20-18(21)27-17-14(2-1-3-22-17)16(26)24-23-15(25)10-19-7-11-4-12(8-19)6-13(5-11)9-19/h1-3,11-13,18H,4-10H2,(H,23,25)(H,24,26). The van der Waals surface area contributed by atoms with Gasteiger partial charge >= 0.3 is 0 Å². The minimum atomic E-state index is -2.67. The number of thioether (sulfide) groups is 1. The maximum Gasteiger partial charge on any atom is 0.290 e. The zero-order chi connectivity index (χ0) is 19.0. The number of pyridine rings is 1. The summed E-state index contributed by atoms with van der Waals surface area (Å²) in [5.41, 5.74) is 4.94. The van der Waals surface area contributed by atoms with Crippen LogP contribution in [0.5, 0.6) is 0 Å². The molecule has 0 unspecified atom stereocenters. The maximum absolute atomic E-state index is 12.6. The van der Waals surface area contributed by atoms with E-state index in [1.807, 2.05) is 0 Å². The van der Waals surface area contributed by atoms with Gasteiger partial charge in [0.05, 0.1) is 5.56 Å². The molecule has 2 N–H and O–H groups in total. The summed E-state index contributed by atoms with van der Waals surface area (Å²) in [5.74, 6) is -1.26. The van der Waals surface area contributed by atoms with Crippen LogP contribution in [0.2, 0.25) is 0 Å². The third kappa shape index (κ3) is 4.10. The molecule has 0 atom stereocenters. The molecule has 0 aromatic carbocycles. The second kappa shape index (κ2) is 7.37. The summed E-state index contributed by atoms with van der Waals surface area (Å²) in [4.78, 5) is 28.6. The smallest absolute Gasteiger partial charge is 0.273 e. The zero-order valence-corrected chi connectivity index (χ0v) is 15.7. The van der Waals surface area contributed by atoms with Crippen molar-refractivity contribution in [2.24, 2.45) is 23.2 Å². The van der Waals surface area contributed by atoms with Gasteiger partial charge in [-0.2, -0.15) is 8.78 Å². The van der Waals surface area contributed by atoms with E-state index in [4.69, 9.17) is 0 Å². The lowest BCUT2D eigenvalue weighted by atomic mass is 9.49. The Labute approximate surface area is 161 Å². The molecule has 4 saturated carbocycles. The number of aromatic nitrogens is 1. The molecule has 8 heteroatoms. The number of halogens is 2. The van der Waals surface area contributed by atoms with Crippen molar-refractivity contribution < 1.29 is 18.4 Å². The number of nitrogens with one attached hydrogen (secondary N) is 2. The number of carbonyl (C=O) groups is 2. The van der Waals surface area contributed by atoms with Gasteiger partial charge < -0.3 is 0 Å². The molecule has 4 fully saturated rings. The summed E-state index contributed by atoms with van der Waals surface area (Å²) in [6.45, 7) is 0. The SMILES string of the molecule is O=C(CC12CC3CC(CC(C3)C1)C2)NNC(=O)c1cccnc1SC(F)F. The van der Waals surface area contributed by atoms with Crippen molar-refractivity contribution in [3.63, 3.8) is 0 Å². The van der Waals surface area contributed by atoms with E-state index >= 15 is 0 Å². The van der Waals surface area contributed by atoms with Crippen molar-refractivity contribution in [3.8, 4) is 0 Å². The van der Waals surface area contributed by atoms with Crippen molar-refractivity contribution in [3.05, 3.63) is 23.9 Å². The molecule has 0 spiro atoms. The molecule has 146 valence electrons. The van der Waals surface area contributed by atoms with E-state index in [2.05, 4.69) is 15.8 Å². The minimum absolute atomic E-state index is 0.0258. The van der Waals surface area contributed by atoms with Crippen LogP contribution in [0.4, 0.5) is 8.78 Å². The molecule has 5 nitrogen and oxygen atoms in total. The van der Waals surface area contributed by atoms with Crippen LogP contribution in [0.25, 0.3) is 0 Å². The molecule has 4 aliphatic rings. The van der Waals surface area contributed by atoms with Crippen LogP contribution in [0.3, 0.4) is 0 Å². The predicted octanol–water partition coefficient (Wildman–Crippen LogP) is 3.76.